The molecule has 0 atom stereocenters. The number of nitrogen functional groups attached to an aromatic ring is 1. The first-order valence-electron chi connectivity index (χ1n) is 6.07. The van der Waals surface area contributed by atoms with Gasteiger partial charge in [0, 0.05) is 25.4 Å². The van der Waals surface area contributed by atoms with Crippen LogP contribution in [0.15, 0.2) is 36.5 Å². The van der Waals surface area contributed by atoms with Crippen molar-refractivity contribution in [1.82, 2.24) is 4.98 Å². The summed E-state index contributed by atoms with van der Waals surface area (Å²) in [5.74, 6) is 0.753. The number of benzene rings is 1. The first kappa shape index (κ1) is 13.7. The van der Waals surface area contributed by atoms with Gasteiger partial charge in [0.15, 0.2) is 0 Å². The number of ether oxygens (including phenoxy) is 1. The van der Waals surface area contributed by atoms with Gasteiger partial charge >= 0.3 is 0 Å². The van der Waals surface area contributed by atoms with Gasteiger partial charge in [-0.05, 0) is 18.2 Å². The number of aromatic nitrogens is 1. The second kappa shape index (κ2) is 5.92. The predicted octanol–water partition coefficient (Wildman–Crippen LogP) is 1.53. The maximum absolute atomic E-state index is 10.9. The molecule has 20 heavy (non-hydrogen) atoms. The van der Waals surface area contributed by atoms with Gasteiger partial charge in [-0.15, -0.1) is 0 Å². The molecule has 5 N–H and O–H groups in total. The SMILES string of the molecule is CNc1ccc(Oc2ccnc(CC(N)=O)c2)cc1N. The predicted molar refractivity (Wildman–Crippen MR) is 77.6 cm³/mol. The highest BCUT2D eigenvalue weighted by Gasteiger charge is 2.05. The molecule has 0 bridgehead atoms. The molecule has 1 aromatic heterocycles. The molecule has 1 aromatic carbocycles. The van der Waals surface area contributed by atoms with Crippen LogP contribution in [-0.4, -0.2) is 17.9 Å². The van der Waals surface area contributed by atoms with Gasteiger partial charge in [0.25, 0.3) is 0 Å². The first-order chi connectivity index (χ1) is 9.58. The Morgan fingerprint density at radius 3 is 2.70 bits per heavy atom. The summed E-state index contributed by atoms with van der Waals surface area (Å²) in [6.07, 6.45) is 1.65. The van der Waals surface area contributed by atoms with Crippen molar-refractivity contribution in [3.8, 4) is 11.5 Å². The Morgan fingerprint density at radius 1 is 1.30 bits per heavy atom. The summed E-state index contributed by atoms with van der Waals surface area (Å²) < 4.78 is 5.68. The third-order valence-electron chi connectivity index (χ3n) is 2.67. The second-order valence-electron chi connectivity index (χ2n) is 4.23. The fourth-order valence-corrected chi connectivity index (χ4v) is 1.76. The highest BCUT2D eigenvalue weighted by molar-refractivity contribution is 5.76. The lowest BCUT2D eigenvalue weighted by molar-refractivity contribution is -0.117. The number of nitrogens with zero attached hydrogens (tertiary/aromatic N) is 1. The summed E-state index contributed by atoms with van der Waals surface area (Å²) in [5.41, 5.74) is 13.0. The van der Waals surface area contributed by atoms with E-state index in [2.05, 4.69) is 10.3 Å². The van der Waals surface area contributed by atoms with Crippen LogP contribution in [0.25, 0.3) is 0 Å². The van der Waals surface area contributed by atoms with E-state index in [1.54, 1.807) is 37.5 Å². The molecule has 0 unspecified atom stereocenters. The van der Waals surface area contributed by atoms with Crippen molar-refractivity contribution in [2.24, 2.45) is 5.73 Å². The first-order valence-corrected chi connectivity index (χ1v) is 6.07. The van der Waals surface area contributed by atoms with Crippen LogP contribution in [0.2, 0.25) is 0 Å². The van der Waals surface area contributed by atoms with E-state index in [9.17, 15) is 4.79 Å². The summed E-state index contributed by atoms with van der Waals surface area (Å²) in [6, 6.07) is 8.73. The third kappa shape index (κ3) is 3.38. The van der Waals surface area contributed by atoms with Crippen molar-refractivity contribution in [3.05, 3.63) is 42.2 Å². The number of carbonyl (C=O) groups is 1. The number of hydrogen-bond donors (Lipinski definition) is 3. The van der Waals surface area contributed by atoms with E-state index in [0.29, 0.717) is 22.9 Å². The lowest BCUT2D eigenvalue weighted by Gasteiger charge is -2.10. The molecule has 0 aliphatic heterocycles. The molecule has 0 saturated carbocycles. The van der Waals surface area contributed by atoms with Crippen LogP contribution in [0.5, 0.6) is 11.5 Å². The van der Waals surface area contributed by atoms with Crippen LogP contribution in [0.1, 0.15) is 5.69 Å². The lowest BCUT2D eigenvalue weighted by atomic mass is 10.2. The minimum Gasteiger partial charge on any atom is -0.457 e. The molecule has 6 nitrogen and oxygen atoms in total. The summed E-state index contributed by atoms with van der Waals surface area (Å²) in [6.45, 7) is 0. The molecule has 0 aliphatic carbocycles. The molecule has 104 valence electrons. The minimum atomic E-state index is -0.433. The van der Waals surface area contributed by atoms with Gasteiger partial charge < -0.3 is 21.5 Å². The zero-order valence-corrected chi connectivity index (χ0v) is 11.1. The normalized spacial score (nSPS) is 10.1. The van der Waals surface area contributed by atoms with Gasteiger partial charge in [0.1, 0.15) is 11.5 Å². The van der Waals surface area contributed by atoms with Crippen LogP contribution in [0.4, 0.5) is 11.4 Å². The van der Waals surface area contributed by atoms with Crippen LogP contribution < -0.4 is 21.5 Å². The molecule has 2 aromatic rings. The zero-order chi connectivity index (χ0) is 14.5. The molecular weight excluding hydrogens is 256 g/mol. The van der Waals surface area contributed by atoms with Crippen LogP contribution in [0, 0.1) is 0 Å². The molecule has 0 fully saturated rings. The van der Waals surface area contributed by atoms with E-state index < -0.39 is 5.91 Å². The number of pyridine rings is 1. The number of anilines is 2. The number of amides is 1. The van der Waals surface area contributed by atoms with Gasteiger partial charge in [-0.2, -0.15) is 0 Å². The Morgan fingerprint density at radius 2 is 2.05 bits per heavy atom. The van der Waals surface area contributed by atoms with Gasteiger partial charge in [-0.25, -0.2) is 0 Å². The number of primary amides is 1. The summed E-state index contributed by atoms with van der Waals surface area (Å²) >= 11 is 0. The molecule has 0 radical (unpaired) electrons. The fourth-order valence-electron chi connectivity index (χ4n) is 1.76. The number of nitrogens with two attached hydrogens (primary N) is 2. The fraction of sp³-hybridized carbons (Fsp3) is 0.143. The van der Waals surface area contributed by atoms with E-state index in [1.807, 2.05) is 6.07 Å². The Kier molecular flexibility index (Phi) is 4.05. The Balaban J connectivity index is 2.17. The van der Waals surface area contributed by atoms with Crippen LogP contribution in [0.3, 0.4) is 0 Å². The van der Waals surface area contributed by atoms with Gasteiger partial charge in [0.05, 0.1) is 23.5 Å². The van der Waals surface area contributed by atoms with Crippen molar-refractivity contribution in [2.75, 3.05) is 18.1 Å². The van der Waals surface area contributed by atoms with E-state index in [4.69, 9.17) is 16.2 Å². The topological polar surface area (TPSA) is 103 Å². The molecular formula is C14H16N4O2. The van der Waals surface area contributed by atoms with Crippen molar-refractivity contribution in [3.63, 3.8) is 0 Å². The quantitative estimate of drug-likeness (QED) is 0.716. The Labute approximate surface area is 116 Å². The number of rotatable bonds is 5. The molecule has 2 rings (SSSR count). The maximum Gasteiger partial charge on any atom is 0.223 e. The molecule has 0 aliphatic rings. The maximum atomic E-state index is 10.9. The second-order valence-corrected chi connectivity index (χ2v) is 4.23. The van der Waals surface area contributed by atoms with E-state index >= 15 is 0 Å². The smallest absolute Gasteiger partial charge is 0.223 e. The summed E-state index contributed by atoms with van der Waals surface area (Å²) in [4.78, 5) is 14.9. The highest BCUT2D eigenvalue weighted by atomic mass is 16.5. The molecule has 1 heterocycles. The van der Waals surface area contributed by atoms with Crippen molar-refractivity contribution in [2.45, 2.75) is 6.42 Å². The largest absolute Gasteiger partial charge is 0.457 e. The van der Waals surface area contributed by atoms with Crippen molar-refractivity contribution >= 4 is 17.3 Å². The van der Waals surface area contributed by atoms with E-state index in [1.165, 1.54) is 0 Å². The van der Waals surface area contributed by atoms with Crippen molar-refractivity contribution < 1.29 is 9.53 Å². The van der Waals surface area contributed by atoms with Gasteiger partial charge in [-0.1, -0.05) is 0 Å². The summed E-state index contributed by atoms with van der Waals surface area (Å²) in [5, 5.41) is 2.98. The average molecular weight is 272 g/mol. The van der Waals surface area contributed by atoms with Gasteiger partial charge in [-0.3, -0.25) is 9.78 Å². The third-order valence-corrected chi connectivity index (χ3v) is 2.67. The van der Waals surface area contributed by atoms with E-state index in [0.717, 1.165) is 5.69 Å². The van der Waals surface area contributed by atoms with Gasteiger partial charge in [0.2, 0.25) is 5.91 Å². The Hall–Kier alpha value is -2.76. The molecule has 0 saturated heterocycles. The average Bonchev–Trinajstić information content (AvgIpc) is 2.38. The van der Waals surface area contributed by atoms with Crippen LogP contribution in [-0.2, 0) is 11.2 Å². The molecule has 1 amide bonds. The van der Waals surface area contributed by atoms with Crippen LogP contribution >= 0.6 is 0 Å². The number of carbonyl (C=O) groups excluding carboxylic acids is 1. The number of hydrogen-bond acceptors (Lipinski definition) is 5. The highest BCUT2D eigenvalue weighted by Crippen LogP contribution is 2.27. The zero-order valence-electron chi connectivity index (χ0n) is 11.1. The van der Waals surface area contributed by atoms with Crippen molar-refractivity contribution in [1.29, 1.82) is 0 Å². The molecule has 0 spiro atoms. The standard InChI is InChI=1S/C14H16N4O2/c1-17-13-3-2-10(8-12(13)15)20-11-4-5-18-9(6-11)7-14(16)19/h2-6,8,17H,7,15H2,1H3,(H2,16,19). The monoisotopic (exact) mass is 272 g/mol. The summed E-state index contributed by atoms with van der Waals surface area (Å²) in [7, 11) is 1.80. The molecule has 6 heteroatoms. The minimum absolute atomic E-state index is 0.0814. The lowest BCUT2D eigenvalue weighted by Crippen LogP contribution is -2.14. The number of nitrogens with one attached hydrogen (secondary N) is 1. The Bertz CT molecular complexity index is 628. The van der Waals surface area contributed by atoms with E-state index in [-0.39, 0.29) is 6.42 Å².